The average Bonchev–Trinajstić information content (AvgIpc) is 3.47. The molecule has 8 nitrogen and oxygen atoms in total. The van der Waals surface area contributed by atoms with Crippen molar-refractivity contribution in [3.8, 4) is 33.8 Å². The molecular formula is C28H21Cl2F2N5O3S2. The summed E-state index contributed by atoms with van der Waals surface area (Å²) in [7, 11) is -4.36. The molecule has 0 radical (unpaired) electrons. The summed E-state index contributed by atoms with van der Waals surface area (Å²) in [5, 5.41) is 14.9. The van der Waals surface area contributed by atoms with E-state index in [1.807, 2.05) is 6.92 Å². The number of anilines is 1. The topological polar surface area (TPSA) is 107 Å². The maximum atomic E-state index is 15.2. The number of nitrogens with zero attached hydrogens (tertiary/aromatic N) is 4. The molecule has 216 valence electrons. The number of hydrogen-bond acceptors (Lipinski definition) is 8. The molecule has 0 atom stereocenters. The van der Waals surface area contributed by atoms with Crippen molar-refractivity contribution in [2.45, 2.75) is 31.1 Å². The van der Waals surface area contributed by atoms with E-state index in [4.69, 9.17) is 27.9 Å². The molecule has 14 heteroatoms. The number of nitrogens with one attached hydrogen (secondary N) is 1. The van der Waals surface area contributed by atoms with Crippen molar-refractivity contribution in [3.63, 3.8) is 0 Å². The zero-order valence-electron chi connectivity index (χ0n) is 21.8. The summed E-state index contributed by atoms with van der Waals surface area (Å²) in [6.07, 6.45) is 5.37. The van der Waals surface area contributed by atoms with Gasteiger partial charge in [0.25, 0.3) is 10.0 Å². The Morgan fingerprint density at radius 1 is 0.905 bits per heavy atom. The summed E-state index contributed by atoms with van der Waals surface area (Å²) >= 11 is 14.0. The van der Waals surface area contributed by atoms with Crippen LogP contribution in [0.1, 0.15) is 25.3 Å². The first-order valence-corrected chi connectivity index (χ1v) is 15.6. The lowest BCUT2D eigenvalue weighted by molar-refractivity contribution is 0.475. The van der Waals surface area contributed by atoms with Crippen molar-refractivity contribution in [1.82, 2.24) is 20.4 Å². The van der Waals surface area contributed by atoms with Crippen LogP contribution in [0, 0.1) is 11.6 Å². The van der Waals surface area contributed by atoms with Crippen LogP contribution in [0.25, 0.3) is 22.3 Å². The molecule has 0 aliphatic carbocycles. The highest BCUT2D eigenvalue weighted by Gasteiger charge is 2.24. The summed E-state index contributed by atoms with van der Waals surface area (Å²) in [6.45, 7) is 2.04. The molecule has 5 rings (SSSR count). The first kappa shape index (κ1) is 29.8. The monoisotopic (exact) mass is 647 g/mol. The van der Waals surface area contributed by atoms with Gasteiger partial charge in [0.1, 0.15) is 33.5 Å². The maximum absolute atomic E-state index is 15.2. The van der Waals surface area contributed by atoms with Crippen molar-refractivity contribution in [3.05, 3.63) is 93.7 Å². The third-order valence-corrected chi connectivity index (χ3v) is 8.90. The quantitative estimate of drug-likeness (QED) is 0.163. The minimum Gasteiger partial charge on any atom is -0.455 e. The number of aryl methyl sites for hydroxylation is 1. The van der Waals surface area contributed by atoms with Gasteiger partial charge in [0.2, 0.25) is 5.13 Å². The smallest absolute Gasteiger partial charge is 0.266 e. The highest BCUT2D eigenvalue weighted by molar-refractivity contribution is 7.93. The predicted molar refractivity (Wildman–Crippen MR) is 159 cm³/mol. The van der Waals surface area contributed by atoms with E-state index >= 15 is 4.39 Å². The molecule has 42 heavy (non-hydrogen) atoms. The molecule has 2 aromatic heterocycles. The second kappa shape index (κ2) is 12.7. The van der Waals surface area contributed by atoms with Crippen LogP contribution in [-0.4, -0.2) is 28.8 Å². The fraction of sp³-hybridized carbons (Fsp3) is 0.143. The Kier molecular flexibility index (Phi) is 8.97. The predicted octanol–water partition coefficient (Wildman–Crippen LogP) is 8.18. The van der Waals surface area contributed by atoms with Gasteiger partial charge in [0, 0.05) is 27.8 Å². The van der Waals surface area contributed by atoms with Gasteiger partial charge in [0.15, 0.2) is 0 Å². The Hall–Kier alpha value is -3.71. The number of rotatable bonds is 10. The van der Waals surface area contributed by atoms with E-state index in [-0.39, 0.29) is 27.5 Å². The van der Waals surface area contributed by atoms with Crippen molar-refractivity contribution >= 4 is 49.7 Å². The lowest BCUT2D eigenvalue weighted by Crippen LogP contribution is -2.14. The van der Waals surface area contributed by atoms with Crippen LogP contribution in [0.15, 0.2) is 71.3 Å². The minimum atomic E-state index is -4.36. The van der Waals surface area contributed by atoms with Crippen LogP contribution in [0.5, 0.6) is 11.5 Å². The molecule has 0 amide bonds. The summed E-state index contributed by atoms with van der Waals surface area (Å²) < 4.78 is 63.9. The maximum Gasteiger partial charge on any atom is 0.266 e. The third-order valence-electron chi connectivity index (χ3n) is 6.21. The van der Waals surface area contributed by atoms with Gasteiger partial charge in [-0.1, -0.05) is 60.0 Å². The number of sulfonamides is 1. The summed E-state index contributed by atoms with van der Waals surface area (Å²) in [5.74, 6) is -1.45. The molecule has 0 saturated heterocycles. The van der Waals surface area contributed by atoms with Crippen LogP contribution >= 0.6 is 34.5 Å². The van der Waals surface area contributed by atoms with E-state index in [0.717, 1.165) is 36.3 Å². The van der Waals surface area contributed by atoms with Gasteiger partial charge in [-0.2, -0.15) is 10.2 Å². The molecule has 3 aromatic carbocycles. The van der Waals surface area contributed by atoms with Crippen LogP contribution in [0.2, 0.25) is 10.0 Å². The zero-order chi connectivity index (χ0) is 29.9. The second-order valence-corrected chi connectivity index (χ2v) is 12.3. The zero-order valence-corrected chi connectivity index (χ0v) is 25.0. The van der Waals surface area contributed by atoms with E-state index in [2.05, 4.69) is 25.1 Å². The van der Waals surface area contributed by atoms with Crippen molar-refractivity contribution in [2.75, 3.05) is 4.72 Å². The van der Waals surface area contributed by atoms with E-state index in [1.54, 1.807) is 30.3 Å². The molecule has 0 spiro atoms. The van der Waals surface area contributed by atoms with Gasteiger partial charge in [-0.25, -0.2) is 17.2 Å². The first-order chi connectivity index (χ1) is 20.2. The Bertz CT molecular complexity index is 1840. The number of hydrogen-bond donors (Lipinski definition) is 1. The molecule has 2 heterocycles. The van der Waals surface area contributed by atoms with E-state index < -0.39 is 20.7 Å². The van der Waals surface area contributed by atoms with Crippen LogP contribution < -0.4 is 9.46 Å². The second-order valence-electron chi connectivity index (χ2n) is 9.03. The third kappa shape index (κ3) is 6.51. The summed E-state index contributed by atoms with van der Waals surface area (Å²) in [4.78, 5) is -0.705. The summed E-state index contributed by atoms with van der Waals surface area (Å²) in [5.41, 5.74) is 3.92. The fourth-order valence-corrected chi connectivity index (χ4v) is 6.44. The van der Waals surface area contributed by atoms with Gasteiger partial charge in [-0.15, -0.1) is 10.2 Å². The summed E-state index contributed by atoms with van der Waals surface area (Å²) in [6, 6.07) is 11.6. The molecule has 0 fully saturated rings. The molecule has 0 saturated carbocycles. The molecule has 0 unspecified atom stereocenters. The number of ether oxygens (including phenoxy) is 1. The Morgan fingerprint density at radius 3 is 2.43 bits per heavy atom. The van der Waals surface area contributed by atoms with Gasteiger partial charge >= 0.3 is 0 Å². The molecule has 0 aliphatic heterocycles. The SMILES string of the molecule is CCCCc1ccc(-c2cc(Oc3cc(F)c(S(=O)(=O)Nc4nncs4)cc3Cl)c(-c3ccnnc3)cc2Cl)cc1F. The van der Waals surface area contributed by atoms with Gasteiger partial charge in [-0.05, 0) is 54.3 Å². The lowest BCUT2D eigenvalue weighted by atomic mass is 9.98. The molecule has 5 aromatic rings. The van der Waals surface area contributed by atoms with Crippen LogP contribution in [-0.2, 0) is 16.4 Å². The van der Waals surface area contributed by atoms with Gasteiger partial charge in [0.05, 0.1) is 17.4 Å². The average molecular weight is 649 g/mol. The Balaban J connectivity index is 1.56. The first-order valence-electron chi connectivity index (χ1n) is 12.5. The number of halogens is 4. The van der Waals surface area contributed by atoms with Crippen molar-refractivity contribution < 1.29 is 21.9 Å². The van der Waals surface area contributed by atoms with Crippen LogP contribution in [0.3, 0.4) is 0 Å². The normalized spacial score (nSPS) is 11.5. The molecule has 0 aliphatic rings. The standard InChI is InChI=1S/C28H21Cl2F2N5O3S2/c1-2-3-4-16-5-6-17(9-23(16)31)19-11-25(20(10-21(19)29)18-7-8-33-34-14-18)40-26-13-24(32)27(12-22(26)30)42(38,39)37-28-36-35-15-41-28/h5-15H,2-4H2,1H3,(H,36,37). The van der Waals surface area contributed by atoms with Gasteiger partial charge < -0.3 is 4.74 Å². The molecular weight excluding hydrogens is 627 g/mol. The Labute approximate surface area is 254 Å². The highest BCUT2D eigenvalue weighted by atomic mass is 35.5. The largest absolute Gasteiger partial charge is 0.455 e. The van der Waals surface area contributed by atoms with Crippen LogP contribution in [0.4, 0.5) is 13.9 Å². The van der Waals surface area contributed by atoms with Crippen molar-refractivity contribution in [1.29, 1.82) is 0 Å². The fourth-order valence-electron chi connectivity index (χ4n) is 4.12. The number of benzene rings is 3. The van der Waals surface area contributed by atoms with Crippen molar-refractivity contribution in [2.24, 2.45) is 0 Å². The molecule has 0 bridgehead atoms. The molecule has 1 N–H and O–H groups in total. The minimum absolute atomic E-state index is 0.0371. The van der Waals surface area contributed by atoms with E-state index in [1.165, 1.54) is 24.0 Å². The Morgan fingerprint density at radius 2 is 1.74 bits per heavy atom. The number of unbranched alkanes of at least 4 members (excludes halogenated alkanes) is 1. The van der Waals surface area contributed by atoms with E-state index in [9.17, 15) is 12.8 Å². The van der Waals surface area contributed by atoms with E-state index in [0.29, 0.717) is 39.3 Å². The lowest BCUT2D eigenvalue weighted by Gasteiger charge is -2.17. The highest BCUT2D eigenvalue weighted by Crippen LogP contribution is 2.43. The van der Waals surface area contributed by atoms with Gasteiger partial charge in [-0.3, -0.25) is 4.72 Å². The number of aromatic nitrogens is 4.